The van der Waals surface area contributed by atoms with Crippen LogP contribution in [0.3, 0.4) is 0 Å². The molecule has 4 N–H and O–H groups in total. The molecular formula is C22H38O5. The maximum Gasteiger partial charge on any atom is 0.303 e. The van der Waals surface area contributed by atoms with E-state index in [0.29, 0.717) is 25.7 Å². The lowest BCUT2D eigenvalue weighted by Crippen LogP contribution is -2.28. The minimum Gasteiger partial charge on any atom is -0.481 e. The summed E-state index contributed by atoms with van der Waals surface area (Å²) in [6, 6.07) is 0. The molecule has 1 rings (SSSR count). The predicted molar refractivity (Wildman–Crippen MR) is 107 cm³/mol. The van der Waals surface area contributed by atoms with Crippen LogP contribution in [0.1, 0.15) is 72.1 Å². The number of rotatable bonds is 12. The molecule has 5 nitrogen and oxygen atoms in total. The maximum atomic E-state index is 10.5. The van der Waals surface area contributed by atoms with Crippen molar-refractivity contribution in [2.24, 2.45) is 17.3 Å². The van der Waals surface area contributed by atoms with Gasteiger partial charge < -0.3 is 20.4 Å². The van der Waals surface area contributed by atoms with E-state index in [1.165, 1.54) is 0 Å². The summed E-state index contributed by atoms with van der Waals surface area (Å²) in [5, 5.41) is 39.7. The fourth-order valence-corrected chi connectivity index (χ4v) is 3.72. The average Bonchev–Trinajstić information content (AvgIpc) is 2.86. The number of carbonyl (C=O) groups is 1. The van der Waals surface area contributed by atoms with Gasteiger partial charge in [0.1, 0.15) is 0 Å². The number of carboxylic acids is 1. The van der Waals surface area contributed by atoms with E-state index in [4.69, 9.17) is 5.11 Å². The number of carboxylic acid groups (broad SMARTS) is 1. The van der Waals surface area contributed by atoms with Gasteiger partial charge >= 0.3 is 5.97 Å². The highest BCUT2D eigenvalue weighted by atomic mass is 16.4. The van der Waals surface area contributed by atoms with E-state index >= 15 is 0 Å². The largest absolute Gasteiger partial charge is 0.481 e. The third kappa shape index (κ3) is 8.16. The minimum absolute atomic E-state index is 0.0853. The van der Waals surface area contributed by atoms with Gasteiger partial charge in [0.2, 0.25) is 0 Å². The van der Waals surface area contributed by atoms with E-state index in [2.05, 4.69) is 20.8 Å². The zero-order valence-electron chi connectivity index (χ0n) is 17.1. The van der Waals surface area contributed by atoms with Crippen molar-refractivity contribution in [3.63, 3.8) is 0 Å². The summed E-state index contributed by atoms with van der Waals surface area (Å²) < 4.78 is 0. The Kier molecular flexibility index (Phi) is 10.3. The molecule has 0 amide bonds. The first-order chi connectivity index (χ1) is 12.7. The van der Waals surface area contributed by atoms with Crippen molar-refractivity contribution in [2.75, 3.05) is 0 Å². The molecule has 0 aromatic carbocycles. The van der Waals surface area contributed by atoms with Gasteiger partial charge in [0, 0.05) is 18.8 Å². The van der Waals surface area contributed by atoms with E-state index in [0.717, 1.165) is 19.3 Å². The third-order valence-electron chi connectivity index (χ3n) is 5.74. The molecule has 1 fully saturated rings. The number of hydrogen-bond donors (Lipinski definition) is 4. The third-order valence-corrected chi connectivity index (χ3v) is 5.74. The molecule has 1 saturated carbocycles. The Morgan fingerprint density at radius 3 is 2.52 bits per heavy atom. The van der Waals surface area contributed by atoms with Gasteiger partial charge in [-0.15, -0.1) is 0 Å². The number of hydrogen-bond acceptors (Lipinski definition) is 4. The number of allylic oxidation sites excluding steroid dienone is 2. The molecule has 156 valence electrons. The Hall–Kier alpha value is -1.17. The van der Waals surface area contributed by atoms with Crippen LogP contribution in [0.4, 0.5) is 0 Å². The van der Waals surface area contributed by atoms with Gasteiger partial charge in [-0.2, -0.15) is 0 Å². The normalized spacial score (nSPS) is 27.6. The topological polar surface area (TPSA) is 98.0 Å². The fourth-order valence-electron chi connectivity index (χ4n) is 3.72. The van der Waals surface area contributed by atoms with Crippen molar-refractivity contribution < 1.29 is 25.2 Å². The van der Waals surface area contributed by atoms with E-state index in [1.54, 1.807) is 6.08 Å². The van der Waals surface area contributed by atoms with Gasteiger partial charge in [-0.1, -0.05) is 57.9 Å². The smallest absolute Gasteiger partial charge is 0.303 e. The highest BCUT2D eigenvalue weighted by Crippen LogP contribution is 2.37. The SMILES string of the molecule is CCCCC(C)(C)[C@H](O)/C=C\[C@@H]1[C@@H](C/C=C/CCCC(=O)O)[C@@H](O)C[C@H]1O. The summed E-state index contributed by atoms with van der Waals surface area (Å²) in [5.74, 6) is -1.05. The Balaban J connectivity index is 2.62. The first-order valence-corrected chi connectivity index (χ1v) is 10.3. The summed E-state index contributed by atoms with van der Waals surface area (Å²) >= 11 is 0. The maximum absolute atomic E-state index is 10.5. The summed E-state index contributed by atoms with van der Waals surface area (Å²) in [4.78, 5) is 10.5. The van der Waals surface area contributed by atoms with Crippen LogP contribution in [0, 0.1) is 17.3 Å². The molecule has 0 spiro atoms. The molecule has 0 aromatic heterocycles. The van der Waals surface area contributed by atoms with E-state index < -0.39 is 24.3 Å². The lowest BCUT2D eigenvalue weighted by Gasteiger charge is -2.29. The van der Waals surface area contributed by atoms with E-state index in [1.807, 2.05) is 18.2 Å². The lowest BCUT2D eigenvalue weighted by atomic mass is 9.80. The average molecular weight is 383 g/mol. The van der Waals surface area contributed by atoms with E-state index in [-0.39, 0.29) is 23.7 Å². The number of aliphatic hydroxyl groups excluding tert-OH is 3. The number of aliphatic hydroxyl groups is 3. The van der Waals surface area contributed by atoms with Gasteiger partial charge in [0.15, 0.2) is 0 Å². The van der Waals surface area contributed by atoms with Crippen molar-refractivity contribution in [1.82, 2.24) is 0 Å². The minimum atomic E-state index is -0.789. The standard InChI is InChI=1S/C22H38O5/c1-4-5-14-22(2,3)20(25)13-12-17-16(18(23)15-19(17)24)10-8-6-7-9-11-21(26)27/h6,8,12-13,16-20,23-25H,4-5,7,9-11,14-15H2,1-3H3,(H,26,27)/b8-6+,13-12-/t16-,17-,18+,19-,20-/m1/s1. The summed E-state index contributed by atoms with van der Waals surface area (Å²) in [5.41, 5.74) is -0.214. The molecule has 0 heterocycles. The fraction of sp³-hybridized carbons (Fsp3) is 0.773. The molecule has 0 aliphatic heterocycles. The van der Waals surface area contributed by atoms with Crippen LogP contribution >= 0.6 is 0 Å². The van der Waals surface area contributed by atoms with Crippen LogP contribution in [-0.4, -0.2) is 44.7 Å². The second-order valence-electron chi connectivity index (χ2n) is 8.53. The summed E-state index contributed by atoms with van der Waals surface area (Å²) in [6.07, 6.45) is 11.4. The van der Waals surface area contributed by atoms with Crippen LogP contribution < -0.4 is 0 Å². The Labute approximate surface area is 163 Å². The molecule has 0 aromatic rings. The summed E-state index contributed by atoms with van der Waals surface area (Å²) in [6.45, 7) is 6.23. The van der Waals surface area contributed by atoms with Crippen LogP contribution in [0.5, 0.6) is 0 Å². The van der Waals surface area contributed by atoms with Crippen LogP contribution in [-0.2, 0) is 4.79 Å². The molecule has 27 heavy (non-hydrogen) atoms. The van der Waals surface area contributed by atoms with Gasteiger partial charge in [0.05, 0.1) is 18.3 Å². The molecular weight excluding hydrogens is 344 g/mol. The van der Waals surface area contributed by atoms with Gasteiger partial charge in [-0.3, -0.25) is 4.79 Å². The number of aliphatic carboxylic acids is 1. The van der Waals surface area contributed by atoms with Crippen molar-refractivity contribution in [3.8, 4) is 0 Å². The first-order valence-electron chi connectivity index (χ1n) is 10.3. The highest BCUT2D eigenvalue weighted by molar-refractivity contribution is 5.66. The summed E-state index contributed by atoms with van der Waals surface area (Å²) in [7, 11) is 0. The molecule has 0 bridgehead atoms. The molecule has 5 heteroatoms. The quantitative estimate of drug-likeness (QED) is 0.305. The highest BCUT2D eigenvalue weighted by Gasteiger charge is 2.39. The lowest BCUT2D eigenvalue weighted by molar-refractivity contribution is -0.137. The monoisotopic (exact) mass is 382 g/mol. The van der Waals surface area contributed by atoms with Crippen LogP contribution in [0.15, 0.2) is 24.3 Å². The first kappa shape index (κ1) is 23.9. The van der Waals surface area contributed by atoms with Crippen molar-refractivity contribution in [2.45, 2.75) is 90.4 Å². The molecule has 1 aliphatic rings. The Bertz CT molecular complexity index is 497. The van der Waals surface area contributed by atoms with Gasteiger partial charge in [-0.25, -0.2) is 0 Å². The zero-order chi connectivity index (χ0) is 20.4. The number of unbranched alkanes of at least 4 members (excludes halogenated alkanes) is 2. The molecule has 0 unspecified atom stereocenters. The predicted octanol–water partition coefficient (Wildman–Crippen LogP) is 3.68. The molecule has 1 aliphatic carbocycles. The van der Waals surface area contributed by atoms with Crippen molar-refractivity contribution in [1.29, 1.82) is 0 Å². The molecule has 0 radical (unpaired) electrons. The Morgan fingerprint density at radius 2 is 1.89 bits per heavy atom. The molecule has 5 atom stereocenters. The second kappa shape index (κ2) is 11.6. The Morgan fingerprint density at radius 1 is 1.19 bits per heavy atom. The molecule has 0 saturated heterocycles. The van der Waals surface area contributed by atoms with E-state index in [9.17, 15) is 20.1 Å². The zero-order valence-corrected chi connectivity index (χ0v) is 17.1. The second-order valence-corrected chi connectivity index (χ2v) is 8.53. The van der Waals surface area contributed by atoms with Crippen molar-refractivity contribution in [3.05, 3.63) is 24.3 Å². The van der Waals surface area contributed by atoms with Crippen LogP contribution in [0.25, 0.3) is 0 Å². The van der Waals surface area contributed by atoms with Crippen molar-refractivity contribution >= 4 is 5.97 Å². The van der Waals surface area contributed by atoms with Crippen LogP contribution in [0.2, 0.25) is 0 Å². The van der Waals surface area contributed by atoms with Gasteiger partial charge in [-0.05, 0) is 37.0 Å². The van der Waals surface area contributed by atoms with Gasteiger partial charge in [0.25, 0.3) is 0 Å².